The molecule has 0 spiro atoms. The van der Waals surface area contributed by atoms with Crippen LogP contribution in [0.15, 0.2) is 29.2 Å². The molecule has 2 aliphatic rings. The fraction of sp³-hybridized carbons (Fsp3) is 0.579. The fourth-order valence-electron chi connectivity index (χ4n) is 4.21. The van der Waals surface area contributed by atoms with Gasteiger partial charge in [-0.05, 0) is 45.7 Å². The van der Waals surface area contributed by atoms with Crippen molar-refractivity contribution < 1.29 is 27.5 Å². The monoisotopic (exact) mass is 395 g/mol. The van der Waals surface area contributed by atoms with Crippen LogP contribution < -0.4 is 0 Å². The van der Waals surface area contributed by atoms with Gasteiger partial charge in [-0.25, -0.2) is 8.42 Å². The number of hydrogen-bond donors (Lipinski definition) is 0. The van der Waals surface area contributed by atoms with Crippen molar-refractivity contribution in [3.05, 3.63) is 29.8 Å². The first kappa shape index (κ1) is 19.8. The Bertz CT molecular complexity index is 814. The van der Waals surface area contributed by atoms with E-state index in [1.165, 1.54) is 4.31 Å². The predicted octanol–water partition coefficient (Wildman–Crippen LogP) is 1.89. The third-order valence-electron chi connectivity index (χ3n) is 5.53. The minimum Gasteiger partial charge on any atom is -0.465 e. The van der Waals surface area contributed by atoms with E-state index in [9.17, 15) is 18.0 Å². The zero-order chi connectivity index (χ0) is 19.8. The van der Waals surface area contributed by atoms with Crippen LogP contribution in [0.1, 0.15) is 32.3 Å². The first-order valence-corrected chi connectivity index (χ1v) is 10.6. The summed E-state index contributed by atoms with van der Waals surface area (Å²) in [5.41, 5.74) is -0.434. The highest BCUT2D eigenvalue weighted by Gasteiger charge is 2.66. The molecule has 0 N–H and O–H groups in total. The molecule has 8 heteroatoms. The molecule has 1 saturated carbocycles. The third-order valence-corrected chi connectivity index (χ3v) is 7.46. The minimum absolute atomic E-state index is 0.0976. The van der Waals surface area contributed by atoms with Crippen molar-refractivity contribution >= 4 is 22.0 Å². The first-order valence-electron chi connectivity index (χ1n) is 9.20. The second-order valence-corrected chi connectivity index (χ2v) is 8.98. The van der Waals surface area contributed by atoms with Crippen LogP contribution in [-0.2, 0) is 29.1 Å². The van der Waals surface area contributed by atoms with Gasteiger partial charge in [0, 0.05) is 18.5 Å². The highest BCUT2D eigenvalue weighted by Crippen LogP contribution is 2.53. The normalized spacial score (nSPS) is 24.0. The molecule has 7 nitrogen and oxygen atoms in total. The van der Waals surface area contributed by atoms with Gasteiger partial charge in [0.1, 0.15) is 0 Å². The van der Waals surface area contributed by atoms with Gasteiger partial charge < -0.3 is 9.47 Å². The summed E-state index contributed by atoms with van der Waals surface area (Å²) in [7, 11) is -3.68. The summed E-state index contributed by atoms with van der Waals surface area (Å²) in [6, 6.07) is 6.25. The van der Waals surface area contributed by atoms with E-state index in [2.05, 4.69) is 0 Å². The molecule has 2 unspecified atom stereocenters. The number of sulfonamides is 1. The van der Waals surface area contributed by atoms with Crippen LogP contribution in [0.4, 0.5) is 0 Å². The highest BCUT2D eigenvalue weighted by atomic mass is 32.2. The van der Waals surface area contributed by atoms with Crippen molar-refractivity contribution in [2.45, 2.75) is 44.6 Å². The van der Waals surface area contributed by atoms with Crippen molar-refractivity contribution in [2.75, 3.05) is 19.8 Å². The third kappa shape index (κ3) is 3.14. The summed E-state index contributed by atoms with van der Waals surface area (Å²) in [6.07, 6.45) is 0.545. The van der Waals surface area contributed by atoms with E-state index in [1.54, 1.807) is 38.1 Å². The van der Waals surface area contributed by atoms with Crippen LogP contribution in [-0.4, -0.2) is 50.5 Å². The van der Waals surface area contributed by atoms with Gasteiger partial charge in [0.2, 0.25) is 10.0 Å². The van der Waals surface area contributed by atoms with Gasteiger partial charge >= 0.3 is 11.9 Å². The summed E-state index contributed by atoms with van der Waals surface area (Å²) in [5, 5.41) is 0. The van der Waals surface area contributed by atoms with E-state index in [-0.39, 0.29) is 31.1 Å². The number of fused-ring (bicyclic) bond motifs is 2. The highest BCUT2D eigenvalue weighted by molar-refractivity contribution is 7.89. The van der Waals surface area contributed by atoms with E-state index in [4.69, 9.17) is 9.47 Å². The number of benzene rings is 1. The number of piperidine rings is 1. The maximum Gasteiger partial charge on any atom is 0.323 e. The molecule has 2 bridgehead atoms. The summed E-state index contributed by atoms with van der Waals surface area (Å²) in [6.45, 7) is 5.67. The summed E-state index contributed by atoms with van der Waals surface area (Å²) >= 11 is 0. The van der Waals surface area contributed by atoms with Gasteiger partial charge in [0.25, 0.3) is 0 Å². The number of hydrogen-bond acceptors (Lipinski definition) is 6. The SMILES string of the molecule is CCOC(=O)C1(C(=O)OCC)CC2CC1CN2S(=O)(=O)c1ccc(C)cc1. The number of carbonyl (C=O) groups is 2. The maximum atomic E-state index is 13.0. The molecule has 0 aromatic heterocycles. The Morgan fingerprint density at radius 3 is 2.11 bits per heavy atom. The average molecular weight is 395 g/mol. The number of aryl methyl sites for hydroxylation is 1. The lowest BCUT2D eigenvalue weighted by molar-refractivity contribution is -0.176. The quantitative estimate of drug-likeness (QED) is 0.540. The summed E-state index contributed by atoms with van der Waals surface area (Å²) in [4.78, 5) is 25.5. The molecular formula is C19H25NO6S. The van der Waals surface area contributed by atoms with Crippen molar-refractivity contribution in [3.63, 3.8) is 0 Å². The van der Waals surface area contributed by atoms with Crippen molar-refractivity contribution in [1.82, 2.24) is 4.31 Å². The van der Waals surface area contributed by atoms with E-state index in [0.29, 0.717) is 6.42 Å². The van der Waals surface area contributed by atoms with Gasteiger partial charge in [-0.15, -0.1) is 0 Å². The number of ether oxygens (including phenoxy) is 2. The molecule has 3 rings (SSSR count). The number of nitrogens with zero attached hydrogens (tertiary/aromatic N) is 1. The zero-order valence-corrected chi connectivity index (χ0v) is 16.6. The minimum atomic E-state index is -3.68. The molecule has 0 amide bonds. The van der Waals surface area contributed by atoms with Crippen LogP contribution in [0.25, 0.3) is 0 Å². The second kappa shape index (κ2) is 7.24. The standard InChI is InChI=1S/C19H25NO6S/c1-4-25-17(21)19(18(22)26-5-2)11-15-10-14(19)12-20(15)27(23,24)16-8-6-13(3)7-9-16/h6-9,14-15H,4-5,10-12H2,1-3H3. The van der Waals surface area contributed by atoms with Crippen LogP contribution in [0, 0.1) is 18.3 Å². The fourth-order valence-corrected chi connectivity index (χ4v) is 5.89. The lowest BCUT2D eigenvalue weighted by Crippen LogP contribution is -2.52. The Hall–Kier alpha value is -1.93. The Morgan fingerprint density at radius 2 is 1.67 bits per heavy atom. The van der Waals surface area contributed by atoms with Crippen LogP contribution >= 0.6 is 0 Å². The molecule has 1 aliphatic heterocycles. The molecule has 148 valence electrons. The topological polar surface area (TPSA) is 90.0 Å². The molecule has 1 saturated heterocycles. The van der Waals surface area contributed by atoms with E-state index < -0.39 is 39.3 Å². The molecule has 0 radical (unpaired) electrons. The largest absolute Gasteiger partial charge is 0.465 e. The van der Waals surface area contributed by atoms with Crippen LogP contribution in [0.3, 0.4) is 0 Å². The molecule has 1 aromatic rings. The van der Waals surface area contributed by atoms with Crippen LogP contribution in [0.5, 0.6) is 0 Å². The molecule has 2 fully saturated rings. The Labute approximate surface area is 159 Å². The van der Waals surface area contributed by atoms with Crippen molar-refractivity contribution in [1.29, 1.82) is 0 Å². The summed E-state index contributed by atoms with van der Waals surface area (Å²) < 4.78 is 37.8. The Kier molecular flexibility index (Phi) is 5.31. The Balaban J connectivity index is 1.89. The predicted molar refractivity (Wildman–Crippen MR) is 97.3 cm³/mol. The van der Waals surface area contributed by atoms with Gasteiger partial charge in [0.05, 0.1) is 18.1 Å². The molecular weight excluding hydrogens is 370 g/mol. The molecule has 1 heterocycles. The second-order valence-electron chi connectivity index (χ2n) is 7.09. The van der Waals surface area contributed by atoms with Crippen LogP contribution in [0.2, 0.25) is 0 Å². The number of carbonyl (C=O) groups excluding carboxylic acids is 2. The molecule has 2 atom stereocenters. The smallest absolute Gasteiger partial charge is 0.323 e. The van der Waals surface area contributed by atoms with Gasteiger partial charge in [-0.1, -0.05) is 17.7 Å². The summed E-state index contributed by atoms with van der Waals surface area (Å²) in [5.74, 6) is -1.66. The van der Waals surface area contributed by atoms with Gasteiger partial charge in [-0.3, -0.25) is 9.59 Å². The van der Waals surface area contributed by atoms with E-state index >= 15 is 0 Å². The molecule has 1 aliphatic carbocycles. The van der Waals surface area contributed by atoms with E-state index in [0.717, 1.165) is 5.56 Å². The lowest BCUT2D eigenvalue weighted by atomic mass is 9.76. The zero-order valence-electron chi connectivity index (χ0n) is 15.8. The average Bonchev–Trinajstić information content (AvgIpc) is 3.22. The number of esters is 2. The maximum absolute atomic E-state index is 13.0. The van der Waals surface area contributed by atoms with Gasteiger partial charge in [-0.2, -0.15) is 4.31 Å². The molecule has 1 aromatic carbocycles. The van der Waals surface area contributed by atoms with Crippen molar-refractivity contribution in [2.24, 2.45) is 11.3 Å². The number of rotatable bonds is 6. The lowest BCUT2D eigenvalue weighted by Gasteiger charge is -2.36. The first-order chi connectivity index (χ1) is 12.8. The Morgan fingerprint density at radius 1 is 1.11 bits per heavy atom. The van der Waals surface area contributed by atoms with Crippen molar-refractivity contribution in [3.8, 4) is 0 Å². The van der Waals surface area contributed by atoms with Gasteiger partial charge in [0.15, 0.2) is 5.41 Å². The van der Waals surface area contributed by atoms with E-state index in [1.807, 2.05) is 6.92 Å². The molecule has 27 heavy (non-hydrogen) atoms.